The molecule has 1 aromatic heterocycles. The number of aromatic nitrogens is 1. The first kappa shape index (κ1) is 15.2. The number of nitrogens with zero attached hydrogens (tertiary/aromatic N) is 2. The Bertz CT molecular complexity index is 513. The number of thiocarbonyl (C=S) groups is 1. The highest BCUT2D eigenvalue weighted by molar-refractivity contribution is 7.80. The van der Waals surface area contributed by atoms with E-state index in [-0.39, 0.29) is 0 Å². The molecule has 1 aliphatic rings. The van der Waals surface area contributed by atoms with Crippen LogP contribution >= 0.6 is 12.2 Å². The summed E-state index contributed by atoms with van der Waals surface area (Å²) in [5.74, 6) is 1.64. The molecule has 3 nitrogen and oxygen atoms in total. The number of aryl methyl sites for hydroxylation is 2. The van der Waals surface area contributed by atoms with Crippen molar-refractivity contribution in [2.24, 2.45) is 11.7 Å². The van der Waals surface area contributed by atoms with Gasteiger partial charge in [-0.1, -0.05) is 32.0 Å². The molecular weight excluding hydrogens is 266 g/mol. The van der Waals surface area contributed by atoms with E-state index in [0.29, 0.717) is 16.9 Å². The van der Waals surface area contributed by atoms with Crippen LogP contribution in [0.25, 0.3) is 0 Å². The Hall–Kier alpha value is -1.16. The molecule has 2 rings (SSSR count). The highest BCUT2D eigenvalue weighted by Gasteiger charge is 2.28. The van der Waals surface area contributed by atoms with Gasteiger partial charge in [-0.25, -0.2) is 4.98 Å². The molecule has 2 N–H and O–H groups in total. The van der Waals surface area contributed by atoms with Gasteiger partial charge < -0.3 is 10.6 Å². The summed E-state index contributed by atoms with van der Waals surface area (Å²) in [5, 5.41) is 0. The van der Waals surface area contributed by atoms with E-state index < -0.39 is 0 Å². The van der Waals surface area contributed by atoms with E-state index in [9.17, 15) is 0 Å². The summed E-state index contributed by atoms with van der Waals surface area (Å²) < 4.78 is 0. The van der Waals surface area contributed by atoms with Crippen LogP contribution in [0, 0.1) is 19.8 Å². The maximum Gasteiger partial charge on any atom is 0.139 e. The van der Waals surface area contributed by atoms with Crippen LogP contribution < -0.4 is 10.6 Å². The lowest BCUT2D eigenvalue weighted by Crippen LogP contribution is -2.40. The molecule has 2 unspecified atom stereocenters. The van der Waals surface area contributed by atoms with E-state index in [1.165, 1.54) is 25.7 Å². The minimum atomic E-state index is 0.445. The van der Waals surface area contributed by atoms with Crippen LogP contribution in [0.15, 0.2) is 6.07 Å². The third-order valence-corrected chi connectivity index (χ3v) is 4.67. The lowest BCUT2D eigenvalue weighted by Gasteiger charge is -2.38. The first-order valence-electron chi connectivity index (χ1n) is 7.42. The predicted octanol–water partition coefficient (Wildman–Crippen LogP) is 3.35. The van der Waals surface area contributed by atoms with Gasteiger partial charge in [-0.2, -0.15) is 0 Å². The summed E-state index contributed by atoms with van der Waals surface area (Å²) in [4.78, 5) is 7.47. The number of pyridine rings is 1. The average Bonchev–Trinajstić information content (AvgIpc) is 2.37. The molecule has 0 aliphatic heterocycles. The molecule has 0 aromatic carbocycles. The van der Waals surface area contributed by atoms with Gasteiger partial charge in [0.15, 0.2) is 0 Å². The van der Waals surface area contributed by atoms with Crippen molar-refractivity contribution in [3.8, 4) is 0 Å². The largest absolute Gasteiger partial charge is 0.389 e. The average molecular weight is 291 g/mol. The Labute approximate surface area is 127 Å². The lowest BCUT2D eigenvalue weighted by atomic mass is 9.85. The van der Waals surface area contributed by atoms with Gasteiger partial charge in [0.1, 0.15) is 10.8 Å². The fourth-order valence-corrected chi connectivity index (χ4v) is 3.66. The fraction of sp³-hybridized carbons (Fsp3) is 0.625. The second kappa shape index (κ2) is 6.08. The van der Waals surface area contributed by atoms with E-state index in [4.69, 9.17) is 22.9 Å². The Balaban J connectivity index is 2.42. The fourth-order valence-electron chi connectivity index (χ4n) is 3.41. The van der Waals surface area contributed by atoms with Crippen molar-refractivity contribution >= 4 is 23.0 Å². The van der Waals surface area contributed by atoms with Gasteiger partial charge in [0.2, 0.25) is 0 Å². The highest BCUT2D eigenvalue weighted by atomic mass is 32.1. The van der Waals surface area contributed by atoms with Crippen molar-refractivity contribution in [2.75, 3.05) is 11.9 Å². The molecule has 1 aromatic rings. The van der Waals surface area contributed by atoms with Crippen molar-refractivity contribution in [1.82, 2.24) is 4.98 Å². The Morgan fingerprint density at radius 3 is 2.60 bits per heavy atom. The maximum atomic E-state index is 5.93. The molecule has 20 heavy (non-hydrogen) atoms. The second-order valence-electron chi connectivity index (χ2n) is 6.08. The monoisotopic (exact) mass is 291 g/mol. The van der Waals surface area contributed by atoms with Gasteiger partial charge in [0.25, 0.3) is 0 Å². The second-order valence-corrected chi connectivity index (χ2v) is 6.52. The van der Waals surface area contributed by atoms with Crippen LogP contribution in [0.5, 0.6) is 0 Å². The van der Waals surface area contributed by atoms with E-state index in [1.807, 2.05) is 6.92 Å². The topological polar surface area (TPSA) is 42.1 Å². The number of anilines is 1. The van der Waals surface area contributed by atoms with E-state index in [0.717, 1.165) is 22.6 Å². The SMILES string of the molecule is Cc1cc(C)c(C(N)=S)c(N(C)C2CCCCC2C)n1. The van der Waals surface area contributed by atoms with Gasteiger partial charge in [-0.15, -0.1) is 0 Å². The normalized spacial score (nSPS) is 22.6. The van der Waals surface area contributed by atoms with Crippen molar-refractivity contribution in [3.05, 3.63) is 22.9 Å². The van der Waals surface area contributed by atoms with Crippen LogP contribution in [-0.4, -0.2) is 23.1 Å². The van der Waals surface area contributed by atoms with E-state index in [2.05, 4.69) is 31.9 Å². The van der Waals surface area contributed by atoms with E-state index >= 15 is 0 Å². The minimum absolute atomic E-state index is 0.445. The first-order chi connectivity index (χ1) is 9.41. The molecule has 110 valence electrons. The zero-order valence-electron chi connectivity index (χ0n) is 12.9. The Morgan fingerprint density at radius 2 is 2.00 bits per heavy atom. The van der Waals surface area contributed by atoms with Crippen LogP contribution in [-0.2, 0) is 0 Å². The zero-order valence-corrected chi connectivity index (χ0v) is 13.8. The van der Waals surface area contributed by atoms with Gasteiger partial charge in [0, 0.05) is 18.8 Å². The molecule has 1 heterocycles. The van der Waals surface area contributed by atoms with Crippen LogP contribution in [0.3, 0.4) is 0 Å². The summed E-state index contributed by atoms with van der Waals surface area (Å²) in [6.07, 6.45) is 5.16. The molecule has 0 amide bonds. The standard InChI is InChI=1S/C16H25N3S/c1-10-7-5-6-8-13(10)19(4)16-14(15(17)20)11(2)9-12(3)18-16/h9-10,13H,5-8H2,1-4H3,(H2,17,20). The molecular formula is C16H25N3S. The molecule has 0 bridgehead atoms. The summed E-state index contributed by atoms with van der Waals surface area (Å²) in [6.45, 7) is 6.42. The summed E-state index contributed by atoms with van der Waals surface area (Å²) in [6, 6.07) is 2.58. The molecule has 1 saturated carbocycles. The van der Waals surface area contributed by atoms with Crippen LogP contribution in [0.1, 0.15) is 49.4 Å². The van der Waals surface area contributed by atoms with Crippen molar-refractivity contribution in [2.45, 2.75) is 52.5 Å². The third-order valence-electron chi connectivity index (χ3n) is 4.47. The number of nitrogens with two attached hydrogens (primary N) is 1. The van der Waals surface area contributed by atoms with E-state index in [1.54, 1.807) is 0 Å². The smallest absolute Gasteiger partial charge is 0.139 e. The summed E-state index contributed by atoms with van der Waals surface area (Å²) in [5.41, 5.74) is 9.01. The Kier molecular flexibility index (Phi) is 4.63. The molecule has 1 fully saturated rings. The summed E-state index contributed by atoms with van der Waals surface area (Å²) >= 11 is 5.24. The molecule has 0 saturated heterocycles. The predicted molar refractivity (Wildman–Crippen MR) is 89.4 cm³/mol. The van der Waals surface area contributed by atoms with Gasteiger partial charge in [-0.3, -0.25) is 0 Å². The third kappa shape index (κ3) is 2.95. The van der Waals surface area contributed by atoms with Crippen molar-refractivity contribution in [1.29, 1.82) is 0 Å². The maximum absolute atomic E-state index is 5.93. The quantitative estimate of drug-likeness (QED) is 0.867. The minimum Gasteiger partial charge on any atom is -0.389 e. The number of hydrogen-bond acceptors (Lipinski definition) is 3. The van der Waals surface area contributed by atoms with Crippen molar-refractivity contribution in [3.63, 3.8) is 0 Å². The molecule has 0 spiro atoms. The van der Waals surface area contributed by atoms with Crippen LogP contribution in [0.4, 0.5) is 5.82 Å². The molecule has 0 radical (unpaired) electrons. The van der Waals surface area contributed by atoms with Crippen LogP contribution in [0.2, 0.25) is 0 Å². The van der Waals surface area contributed by atoms with Crippen molar-refractivity contribution < 1.29 is 0 Å². The van der Waals surface area contributed by atoms with Gasteiger partial charge >= 0.3 is 0 Å². The summed E-state index contributed by atoms with van der Waals surface area (Å²) in [7, 11) is 2.13. The number of rotatable bonds is 3. The van der Waals surface area contributed by atoms with Gasteiger partial charge in [0.05, 0.1) is 5.56 Å². The van der Waals surface area contributed by atoms with Gasteiger partial charge in [-0.05, 0) is 44.2 Å². The molecule has 2 atom stereocenters. The molecule has 1 aliphatic carbocycles. The lowest BCUT2D eigenvalue weighted by molar-refractivity contribution is 0.320. The number of hydrogen-bond donors (Lipinski definition) is 1. The molecule has 4 heteroatoms. The highest BCUT2D eigenvalue weighted by Crippen LogP contribution is 2.32. The Morgan fingerprint density at radius 1 is 1.35 bits per heavy atom. The zero-order chi connectivity index (χ0) is 14.9. The first-order valence-corrected chi connectivity index (χ1v) is 7.83.